The van der Waals surface area contributed by atoms with Gasteiger partial charge in [-0.2, -0.15) is 10.2 Å². The van der Waals surface area contributed by atoms with Gasteiger partial charge in [0, 0.05) is 47.9 Å². The molecule has 0 spiro atoms. The van der Waals surface area contributed by atoms with E-state index in [0.29, 0.717) is 30.0 Å². The van der Waals surface area contributed by atoms with Crippen molar-refractivity contribution >= 4 is 17.7 Å². The molecule has 4 heterocycles. The van der Waals surface area contributed by atoms with Gasteiger partial charge in [-0.25, -0.2) is 9.67 Å². The number of carbonyl (C=O) groups excluding carboxylic acids is 1. The lowest BCUT2D eigenvalue weighted by molar-refractivity contribution is 0.100. The second-order valence-corrected chi connectivity index (χ2v) is 6.56. The van der Waals surface area contributed by atoms with Crippen LogP contribution < -0.4 is 0 Å². The fraction of sp³-hybridized carbons (Fsp3) is 0.0952. The third-order valence-electron chi connectivity index (χ3n) is 4.66. The van der Waals surface area contributed by atoms with Gasteiger partial charge >= 0.3 is 0 Å². The second-order valence-electron chi connectivity index (χ2n) is 6.56. The van der Waals surface area contributed by atoms with Crippen molar-refractivity contribution in [1.82, 2.24) is 24.5 Å². The number of nitrogens with zero attached hydrogens (tertiary/aromatic N) is 6. The number of ketones is 1. The van der Waals surface area contributed by atoms with E-state index in [0.717, 1.165) is 11.1 Å². The summed E-state index contributed by atoms with van der Waals surface area (Å²) in [4.78, 5) is 20.8. The van der Waals surface area contributed by atoms with Crippen molar-refractivity contribution in [3.05, 3.63) is 78.5 Å². The standard InChI is InChI=1S/C21H16N6O/c28-19-7-9-22-20-18(19)6-8-23-21(20)27-14-17(11-25-27)16-10-24-26(13-16)12-15-4-2-1-3-5-15/h1-6,8-11,13-14H,7,12H2. The van der Waals surface area contributed by atoms with Crippen molar-refractivity contribution in [2.75, 3.05) is 0 Å². The zero-order valence-electron chi connectivity index (χ0n) is 14.9. The van der Waals surface area contributed by atoms with E-state index in [-0.39, 0.29) is 5.78 Å². The third-order valence-corrected chi connectivity index (χ3v) is 4.66. The van der Waals surface area contributed by atoms with Crippen molar-refractivity contribution in [3.8, 4) is 16.9 Å². The number of aromatic nitrogens is 5. The Morgan fingerprint density at radius 3 is 2.68 bits per heavy atom. The fourth-order valence-corrected chi connectivity index (χ4v) is 3.25. The Bertz CT molecular complexity index is 1190. The van der Waals surface area contributed by atoms with Crippen LogP contribution in [0.4, 0.5) is 5.69 Å². The number of benzene rings is 1. The summed E-state index contributed by atoms with van der Waals surface area (Å²) >= 11 is 0. The molecule has 0 fully saturated rings. The summed E-state index contributed by atoms with van der Waals surface area (Å²) in [7, 11) is 0. The van der Waals surface area contributed by atoms with Crippen molar-refractivity contribution in [2.24, 2.45) is 4.99 Å². The van der Waals surface area contributed by atoms with E-state index in [9.17, 15) is 4.79 Å². The number of hydrogen-bond acceptors (Lipinski definition) is 5. The van der Waals surface area contributed by atoms with Crippen LogP contribution in [0.5, 0.6) is 0 Å². The summed E-state index contributed by atoms with van der Waals surface area (Å²) in [6.07, 6.45) is 11.0. The van der Waals surface area contributed by atoms with Gasteiger partial charge in [-0.05, 0) is 11.6 Å². The van der Waals surface area contributed by atoms with Gasteiger partial charge in [0.15, 0.2) is 11.6 Å². The minimum absolute atomic E-state index is 0.0446. The molecule has 136 valence electrons. The van der Waals surface area contributed by atoms with Crippen molar-refractivity contribution < 1.29 is 4.79 Å². The maximum atomic E-state index is 12.1. The lowest BCUT2D eigenvalue weighted by Crippen LogP contribution is -2.08. The predicted molar refractivity (Wildman–Crippen MR) is 105 cm³/mol. The Balaban J connectivity index is 1.45. The summed E-state index contributed by atoms with van der Waals surface area (Å²) in [5, 5.41) is 8.87. The van der Waals surface area contributed by atoms with Crippen LogP contribution in [-0.2, 0) is 6.54 Å². The molecule has 0 bridgehead atoms. The molecule has 7 heteroatoms. The van der Waals surface area contributed by atoms with E-state index in [4.69, 9.17) is 0 Å². The lowest BCUT2D eigenvalue weighted by atomic mass is 10.1. The van der Waals surface area contributed by atoms with E-state index in [2.05, 4.69) is 32.3 Å². The highest BCUT2D eigenvalue weighted by molar-refractivity contribution is 6.10. The second kappa shape index (κ2) is 6.70. The van der Waals surface area contributed by atoms with Crippen LogP contribution in [0, 0.1) is 0 Å². The maximum absolute atomic E-state index is 12.1. The monoisotopic (exact) mass is 368 g/mol. The van der Waals surface area contributed by atoms with Crippen molar-refractivity contribution in [2.45, 2.75) is 13.0 Å². The topological polar surface area (TPSA) is 78.0 Å². The minimum Gasteiger partial charge on any atom is -0.294 e. The van der Waals surface area contributed by atoms with Crippen molar-refractivity contribution in [3.63, 3.8) is 0 Å². The highest BCUT2D eigenvalue weighted by atomic mass is 16.1. The van der Waals surface area contributed by atoms with E-state index < -0.39 is 0 Å². The number of hydrogen-bond donors (Lipinski definition) is 0. The molecule has 5 rings (SSSR count). The fourth-order valence-electron chi connectivity index (χ4n) is 3.25. The molecule has 3 aromatic heterocycles. The Morgan fingerprint density at radius 1 is 0.964 bits per heavy atom. The van der Waals surface area contributed by atoms with Crippen LogP contribution in [-0.4, -0.2) is 36.5 Å². The highest BCUT2D eigenvalue weighted by Crippen LogP contribution is 2.30. The average Bonchev–Trinajstić information content (AvgIpc) is 3.38. The maximum Gasteiger partial charge on any atom is 0.180 e. The largest absolute Gasteiger partial charge is 0.294 e. The van der Waals surface area contributed by atoms with E-state index in [1.54, 1.807) is 29.4 Å². The number of rotatable bonds is 4. The van der Waals surface area contributed by atoms with Gasteiger partial charge < -0.3 is 0 Å². The molecule has 1 aliphatic heterocycles. The molecule has 1 aliphatic rings. The summed E-state index contributed by atoms with van der Waals surface area (Å²) in [6, 6.07) is 11.9. The number of aliphatic imine (C=N–C) groups is 1. The number of Topliss-reactive ketones (excluding diaryl/α,β-unsaturated/α-hetero) is 1. The molecule has 0 N–H and O–H groups in total. The summed E-state index contributed by atoms with van der Waals surface area (Å²) < 4.78 is 3.55. The first-order chi connectivity index (χ1) is 13.8. The number of carbonyl (C=O) groups is 1. The molecule has 0 aliphatic carbocycles. The molecule has 28 heavy (non-hydrogen) atoms. The van der Waals surface area contributed by atoms with Gasteiger partial charge in [0.05, 0.1) is 18.9 Å². The zero-order valence-corrected chi connectivity index (χ0v) is 14.9. The first-order valence-corrected chi connectivity index (χ1v) is 8.94. The lowest BCUT2D eigenvalue weighted by Gasteiger charge is -2.11. The van der Waals surface area contributed by atoms with E-state index >= 15 is 0 Å². The molecule has 0 amide bonds. The molecule has 4 aromatic rings. The Labute approximate surface area is 161 Å². The molecular formula is C21H16N6O. The van der Waals surface area contributed by atoms with Gasteiger partial charge in [-0.3, -0.25) is 14.5 Å². The predicted octanol–water partition coefficient (Wildman–Crippen LogP) is 3.47. The van der Waals surface area contributed by atoms with Crippen molar-refractivity contribution in [1.29, 1.82) is 0 Å². The summed E-state index contributed by atoms with van der Waals surface area (Å²) in [6.45, 7) is 0.708. The molecule has 0 saturated carbocycles. The normalized spacial score (nSPS) is 12.9. The highest BCUT2D eigenvalue weighted by Gasteiger charge is 2.20. The molecule has 1 aromatic carbocycles. The van der Waals surface area contributed by atoms with Gasteiger partial charge in [0.25, 0.3) is 0 Å². The number of fused-ring (bicyclic) bond motifs is 1. The minimum atomic E-state index is 0.0446. The van der Waals surface area contributed by atoms with Crippen LogP contribution in [0.2, 0.25) is 0 Å². The van der Waals surface area contributed by atoms with Crippen LogP contribution in [0.25, 0.3) is 16.9 Å². The quantitative estimate of drug-likeness (QED) is 0.553. The Hall–Kier alpha value is -3.87. The molecule has 0 saturated heterocycles. The first kappa shape index (κ1) is 16.3. The Kier molecular flexibility index (Phi) is 3.90. The van der Waals surface area contributed by atoms with Gasteiger partial charge in [-0.1, -0.05) is 30.3 Å². The molecule has 0 unspecified atom stereocenters. The molecule has 7 nitrogen and oxygen atoms in total. The smallest absolute Gasteiger partial charge is 0.180 e. The van der Waals surface area contributed by atoms with Gasteiger partial charge in [0.1, 0.15) is 5.69 Å². The van der Waals surface area contributed by atoms with Crippen LogP contribution in [0.15, 0.2) is 72.4 Å². The zero-order chi connectivity index (χ0) is 18.9. The average molecular weight is 368 g/mol. The molecule has 0 radical (unpaired) electrons. The van der Waals surface area contributed by atoms with Gasteiger partial charge in [0.2, 0.25) is 0 Å². The number of pyridine rings is 1. The Morgan fingerprint density at radius 2 is 1.79 bits per heavy atom. The van der Waals surface area contributed by atoms with E-state index in [1.807, 2.05) is 41.5 Å². The summed E-state index contributed by atoms with van der Waals surface area (Å²) in [5.41, 5.74) is 4.22. The van der Waals surface area contributed by atoms with Crippen LogP contribution in [0.1, 0.15) is 22.3 Å². The van der Waals surface area contributed by atoms with E-state index in [1.165, 1.54) is 5.56 Å². The molecular weight excluding hydrogens is 352 g/mol. The molecule has 0 atom stereocenters. The van der Waals surface area contributed by atoms with Crippen LogP contribution >= 0.6 is 0 Å². The SMILES string of the molecule is O=C1CC=Nc2c1ccnc2-n1cc(-c2cnn(Cc3ccccc3)c2)cn1. The van der Waals surface area contributed by atoms with Crippen LogP contribution in [0.3, 0.4) is 0 Å². The first-order valence-electron chi connectivity index (χ1n) is 8.94. The third kappa shape index (κ3) is 2.92. The van der Waals surface area contributed by atoms with Gasteiger partial charge in [-0.15, -0.1) is 0 Å². The summed E-state index contributed by atoms with van der Waals surface area (Å²) in [5.74, 6) is 0.591.